The number of anilines is 1. The maximum atomic E-state index is 12.2. The summed E-state index contributed by atoms with van der Waals surface area (Å²) in [6.45, 7) is 7.62. The summed E-state index contributed by atoms with van der Waals surface area (Å²) in [6.07, 6.45) is 2.58. The van der Waals surface area contributed by atoms with Crippen molar-refractivity contribution in [2.75, 3.05) is 31.1 Å². The molecule has 0 saturated carbocycles. The predicted molar refractivity (Wildman–Crippen MR) is 87.5 cm³/mol. The van der Waals surface area contributed by atoms with Crippen LogP contribution in [-0.4, -0.2) is 43.0 Å². The fourth-order valence-electron chi connectivity index (χ4n) is 2.88. The van der Waals surface area contributed by atoms with Gasteiger partial charge in [-0.25, -0.2) is 0 Å². The smallest absolute Gasteiger partial charge is 0.226 e. The van der Waals surface area contributed by atoms with Gasteiger partial charge in [0.25, 0.3) is 0 Å². The van der Waals surface area contributed by atoms with Gasteiger partial charge in [-0.05, 0) is 44.4 Å². The van der Waals surface area contributed by atoms with E-state index < -0.39 is 0 Å². The topological polar surface area (TPSA) is 49.6 Å². The Bertz CT molecular complexity index is 463. The zero-order valence-electron chi connectivity index (χ0n) is 13.2. The molecule has 0 atom stereocenters. The molecule has 4 heteroatoms. The molecule has 1 aliphatic rings. The van der Waals surface area contributed by atoms with Gasteiger partial charge in [0.2, 0.25) is 5.91 Å². The van der Waals surface area contributed by atoms with Crippen LogP contribution < -0.4 is 10.6 Å². The first kappa shape index (κ1) is 15.8. The summed E-state index contributed by atoms with van der Waals surface area (Å²) in [5.41, 5.74) is 8.27. The van der Waals surface area contributed by atoms with Gasteiger partial charge in [0.1, 0.15) is 0 Å². The average Bonchev–Trinajstić information content (AvgIpc) is 2.49. The second-order valence-electron chi connectivity index (χ2n) is 5.74. The van der Waals surface area contributed by atoms with Gasteiger partial charge in [-0.2, -0.15) is 0 Å². The van der Waals surface area contributed by atoms with Crippen LogP contribution in [0.15, 0.2) is 24.3 Å². The number of carbonyl (C=O) groups is 1. The maximum absolute atomic E-state index is 12.2. The van der Waals surface area contributed by atoms with E-state index in [4.69, 9.17) is 5.73 Å². The summed E-state index contributed by atoms with van der Waals surface area (Å²) in [5, 5.41) is 0. The Hall–Kier alpha value is -1.55. The van der Waals surface area contributed by atoms with Crippen LogP contribution in [0, 0.1) is 0 Å². The third-order valence-corrected chi connectivity index (χ3v) is 4.29. The van der Waals surface area contributed by atoms with Crippen molar-refractivity contribution in [3.8, 4) is 0 Å². The Labute approximate surface area is 127 Å². The quantitative estimate of drug-likeness (QED) is 0.902. The zero-order valence-corrected chi connectivity index (χ0v) is 13.2. The molecule has 2 rings (SSSR count). The number of hydrogen-bond donors (Lipinski definition) is 1. The standard InChI is InChI=1S/C17H27N3O/c1-3-19(4-2)17(21)13-14-6-5-7-16(12-14)20-10-8-15(18)9-11-20/h5-7,12,15H,3-4,8-11,13,18H2,1-2H3. The average molecular weight is 289 g/mol. The molecule has 0 bridgehead atoms. The maximum Gasteiger partial charge on any atom is 0.226 e. The Morgan fingerprint density at radius 2 is 1.95 bits per heavy atom. The second kappa shape index (κ2) is 7.46. The molecule has 0 spiro atoms. The van der Waals surface area contributed by atoms with Crippen molar-refractivity contribution in [1.29, 1.82) is 0 Å². The second-order valence-corrected chi connectivity index (χ2v) is 5.74. The van der Waals surface area contributed by atoms with Crippen LogP contribution in [0.2, 0.25) is 0 Å². The third kappa shape index (κ3) is 4.21. The third-order valence-electron chi connectivity index (χ3n) is 4.29. The lowest BCUT2D eigenvalue weighted by Gasteiger charge is -2.32. The van der Waals surface area contributed by atoms with E-state index in [9.17, 15) is 4.79 Å². The van der Waals surface area contributed by atoms with E-state index in [1.54, 1.807) is 0 Å². The summed E-state index contributed by atoms with van der Waals surface area (Å²) in [5.74, 6) is 0.206. The van der Waals surface area contributed by atoms with E-state index in [1.165, 1.54) is 5.69 Å². The van der Waals surface area contributed by atoms with Crippen LogP contribution in [-0.2, 0) is 11.2 Å². The Morgan fingerprint density at radius 1 is 1.29 bits per heavy atom. The molecular formula is C17H27N3O. The van der Waals surface area contributed by atoms with Gasteiger partial charge in [-0.15, -0.1) is 0 Å². The van der Waals surface area contributed by atoms with E-state index >= 15 is 0 Å². The number of rotatable bonds is 5. The SMILES string of the molecule is CCN(CC)C(=O)Cc1cccc(N2CCC(N)CC2)c1. The van der Waals surface area contributed by atoms with Crippen molar-refractivity contribution in [1.82, 2.24) is 4.90 Å². The monoisotopic (exact) mass is 289 g/mol. The summed E-state index contributed by atoms with van der Waals surface area (Å²) >= 11 is 0. The fourth-order valence-corrected chi connectivity index (χ4v) is 2.88. The van der Waals surface area contributed by atoms with E-state index in [0.717, 1.165) is 44.6 Å². The molecule has 1 heterocycles. The van der Waals surface area contributed by atoms with E-state index in [1.807, 2.05) is 24.8 Å². The highest BCUT2D eigenvalue weighted by Gasteiger charge is 2.17. The molecule has 116 valence electrons. The minimum atomic E-state index is 0.206. The van der Waals surface area contributed by atoms with Gasteiger partial charge in [-0.3, -0.25) is 4.79 Å². The van der Waals surface area contributed by atoms with E-state index in [-0.39, 0.29) is 5.91 Å². The largest absolute Gasteiger partial charge is 0.371 e. The molecule has 1 aromatic carbocycles. The van der Waals surface area contributed by atoms with E-state index in [0.29, 0.717) is 12.5 Å². The van der Waals surface area contributed by atoms with Crippen LogP contribution >= 0.6 is 0 Å². The van der Waals surface area contributed by atoms with Crippen molar-refractivity contribution >= 4 is 11.6 Å². The van der Waals surface area contributed by atoms with Gasteiger partial charge in [0.15, 0.2) is 0 Å². The molecule has 0 unspecified atom stereocenters. The molecule has 1 saturated heterocycles. The number of piperidine rings is 1. The van der Waals surface area contributed by atoms with Crippen LogP contribution in [0.1, 0.15) is 32.3 Å². The summed E-state index contributed by atoms with van der Waals surface area (Å²) in [6, 6.07) is 8.71. The number of carbonyl (C=O) groups excluding carboxylic acids is 1. The molecule has 1 fully saturated rings. The fraction of sp³-hybridized carbons (Fsp3) is 0.588. The molecule has 1 amide bonds. The molecule has 21 heavy (non-hydrogen) atoms. The lowest BCUT2D eigenvalue weighted by molar-refractivity contribution is -0.130. The number of hydrogen-bond acceptors (Lipinski definition) is 3. The summed E-state index contributed by atoms with van der Waals surface area (Å²) in [4.78, 5) is 16.5. The van der Waals surface area contributed by atoms with Crippen molar-refractivity contribution in [3.63, 3.8) is 0 Å². The number of amides is 1. The number of likely N-dealkylation sites (N-methyl/N-ethyl adjacent to an activating group) is 1. The highest BCUT2D eigenvalue weighted by atomic mass is 16.2. The first-order chi connectivity index (χ1) is 10.1. The van der Waals surface area contributed by atoms with Crippen molar-refractivity contribution in [2.24, 2.45) is 5.73 Å². The molecule has 0 radical (unpaired) electrons. The molecule has 2 N–H and O–H groups in total. The number of nitrogens with two attached hydrogens (primary N) is 1. The molecular weight excluding hydrogens is 262 g/mol. The van der Waals surface area contributed by atoms with Gasteiger partial charge in [0, 0.05) is 37.9 Å². The molecule has 1 aliphatic heterocycles. The normalized spacial score (nSPS) is 16.0. The molecule has 0 aliphatic carbocycles. The predicted octanol–water partition coefficient (Wildman–Crippen LogP) is 2.02. The summed E-state index contributed by atoms with van der Waals surface area (Å²) in [7, 11) is 0. The van der Waals surface area contributed by atoms with Crippen LogP contribution in [0.25, 0.3) is 0 Å². The Balaban J connectivity index is 2.02. The van der Waals surface area contributed by atoms with E-state index in [2.05, 4.69) is 23.1 Å². The molecule has 1 aromatic rings. The van der Waals surface area contributed by atoms with Crippen molar-refractivity contribution in [3.05, 3.63) is 29.8 Å². The highest BCUT2D eigenvalue weighted by molar-refractivity contribution is 5.79. The summed E-state index contributed by atoms with van der Waals surface area (Å²) < 4.78 is 0. The van der Waals surface area contributed by atoms with Crippen LogP contribution in [0.4, 0.5) is 5.69 Å². The van der Waals surface area contributed by atoms with Gasteiger partial charge in [-0.1, -0.05) is 12.1 Å². The highest BCUT2D eigenvalue weighted by Crippen LogP contribution is 2.21. The van der Waals surface area contributed by atoms with Crippen LogP contribution in [0.3, 0.4) is 0 Å². The number of benzene rings is 1. The molecule has 4 nitrogen and oxygen atoms in total. The lowest BCUT2D eigenvalue weighted by atomic mass is 10.0. The van der Waals surface area contributed by atoms with Gasteiger partial charge >= 0.3 is 0 Å². The number of nitrogens with zero attached hydrogens (tertiary/aromatic N) is 2. The zero-order chi connectivity index (χ0) is 15.2. The lowest BCUT2D eigenvalue weighted by Crippen LogP contribution is -2.39. The Morgan fingerprint density at radius 3 is 2.57 bits per heavy atom. The minimum absolute atomic E-state index is 0.206. The molecule has 0 aromatic heterocycles. The van der Waals surface area contributed by atoms with Crippen molar-refractivity contribution < 1.29 is 4.79 Å². The first-order valence-corrected chi connectivity index (χ1v) is 8.01. The van der Waals surface area contributed by atoms with Crippen LogP contribution in [0.5, 0.6) is 0 Å². The minimum Gasteiger partial charge on any atom is -0.371 e. The first-order valence-electron chi connectivity index (χ1n) is 8.01. The Kier molecular flexibility index (Phi) is 5.62. The van der Waals surface area contributed by atoms with Gasteiger partial charge < -0.3 is 15.5 Å². The van der Waals surface area contributed by atoms with Crippen molar-refractivity contribution in [2.45, 2.75) is 39.2 Å². The van der Waals surface area contributed by atoms with Gasteiger partial charge in [0.05, 0.1) is 6.42 Å².